The lowest BCUT2D eigenvalue weighted by Gasteiger charge is -2.27. The van der Waals surface area contributed by atoms with Gasteiger partial charge in [0.05, 0.1) is 6.61 Å². The van der Waals surface area contributed by atoms with Crippen LogP contribution in [0.25, 0.3) is 0 Å². The van der Waals surface area contributed by atoms with E-state index in [9.17, 15) is 0 Å². The minimum atomic E-state index is 0.266. The predicted octanol–water partition coefficient (Wildman–Crippen LogP) is 3.85. The molecule has 0 bridgehead atoms. The van der Waals surface area contributed by atoms with Crippen molar-refractivity contribution in [3.05, 3.63) is 35.4 Å². The average molecular weight is 220 g/mol. The van der Waals surface area contributed by atoms with Crippen molar-refractivity contribution in [3.63, 3.8) is 0 Å². The van der Waals surface area contributed by atoms with Gasteiger partial charge in [0.25, 0.3) is 0 Å². The van der Waals surface area contributed by atoms with Crippen LogP contribution in [0, 0.1) is 5.41 Å². The molecule has 0 aromatic heterocycles. The first kappa shape index (κ1) is 13.2. The Morgan fingerprint density at radius 1 is 1.06 bits per heavy atom. The average Bonchev–Trinajstić information content (AvgIpc) is 2.30. The van der Waals surface area contributed by atoms with Crippen molar-refractivity contribution in [2.75, 3.05) is 13.7 Å². The van der Waals surface area contributed by atoms with E-state index in [0.717, 1.165) is 25.9 Å². The summed E-state index contributed by atoms with van der Waals surface area (Å²) in [6.45, 7) is 7.55. The van der Waals surface area contributed by atoms with Gasteiger partial charge in [-0.15, -0.1) is 0 Å². The number of aryl methyl sites for hydroxylation is 1. The topological polar surface area (TPSA) is 9.23 Å². The smallest absolute Gasteiger partial charge is 0.0519 e. The van der Waals surface area contributed by atoms with Crippen LogP contribution in [0.4, 0.5) is 0 Å². The summed E-state index contributed by atoms with van der Waals surface area (Å²) in [6.07, 6.45) is 3.36. The lowest BCUT2D eigenvalue weighted by molar-refractivity contribution is 0.0889. The van der Waals surface area contributed by atoms with E-state index in [1.807, 2.05) is 0 Å². The second-order valence-electron chi connectivity index (χ2n) is 4.94. The molecule has 0 aliphatic carbocycles. The molecule has 1 aromatic rings. The Kier molecular flexibility index (Phi) is 5.01. The van der Waals surface area contributed by atoms with Crippen LogP contribution in [-0.4, -0.2) is 13.7 Å². The molecule has 16 heavy (non-hydrogen) atoms. The molecule has 0 aliphatic heterocycles. The Bertz CT molecular complexity index is 302. The fourth-order valence-corrected chi connectivity index (χ4v) is 2.01. The zero-order valence-corrected chi connectivity index (χ0v) is 11.0. The maximum Gasteiger partial charge on any atom is 0.0519 e. The summed E-state index contributed by atoms with van der Waals surface area (Å²) in [5.41, 5.74) is 3.09. The number of ether oxygens (including phenoxy) is 1. The van der Waals surface area contributed by atoms with Crippen molar-refractivity contribution in [3.8, 4) is 0 Å². The molecule has 0 radical (unpaired) electrons. The zero-order valence-electron chi connectivity index (χ0n) is 11.0. The number of hydrogen-bond acceptors (Lipinski definition) is 1. The minimum Gasteiger partial charge on any atom is -0.384 e. The highest BCUT2D eigenvalue weighted by atomic mass is 16.5. The van der Waals surface area contributed by atoms with Crippen LogP contribution >= 0.6 is 0 Å². The molecule has 0 spiro atoms. The quantitative estimate of drug-likeness (QED) is 0.707. The van der Waals surface area contributed by atoms with E-state index >= 15 is 0 Å². The maximum atomic E-state index is 5.31. The molecule has 0 saturated carbocycles. The van der Waals surface area contributed by atoms with Gasteiger partial charge >= 0.3 is 0 Å². The van der Waals surface area contributed by atoms with Gasteiger partial charge in [0.1, 0.15) is 0 Å². The van der Waals surface area contributed by atoms with E-state index in [1.54, 1.807) is 7.11 Å². The number of methoxy groups -OCH3 is 1. The molecule has 1 aromatic carbocycles. The second kappa shape index (κ2) is 6.05. The summed E-state index contributed by atoms with van der Waals surface area (Å²) in [6, 6.07) is 8.97. The van der Waals surface area contributed by atoms with Crippen LogP contribution in [0.1, 0.15) is 38.3 Å². The summed E-state index contributed by atoms with van der Waals surface area (Å²) in [7, 11) is 1.79. The Morgan fingerprint density at radius 2 is 1.62 bits per heavy atom. The van der Waals surface area contributed by atoms with Gasteiger partial charge in [-0.3, -0.25) is 0 Å². The molecule has 1 nitrogen and oxygen atoms in total. The molecular formula is C15H24O. The summed E-state index contributed by atoms with van der Waals surface area (Å²) >= 11 is 0. The van der Waals surface area contributed by atoms with Gasteiger partial charge < -0.3 is 4.74 Å². The maximum absolute atomic E-state index is 5.31. The molecular weight excluding hydrogens is 196 g/mol. The highest BCUT2D eigenvalue weighted by Gasteiger charge is 2.22. The lowest BCUT2D eigenvalue weighted by Crippen LogP contribution is -2.24. The van der Waals surface area contributed by atoms with Crippen molar-refractivity contribution in [2.45, 2.75) is 40.0 Å². The Hall–Kier alpha value is -0.820. The summed E-state index contributed by atoms with van der Waals surface area (Å²) < 4.78 is 5.31. The first-order valence-corrected chi connectivity index (χ1v) is 6.20. The molecule has 1 unspecified atom stereocenters. The van der Waals surface area contributed by atoms with E-state index < -0.39 is 0 Å². The SMILES string of the molecule is CCc1ccc(CC(C)(CC)COC)cc1. The summed E-state index contributed by atoms with van der Waals surface area (Å²) in [5.74, 6) is 0. The highest BCUT2D eigenvalue weighted by molar-refractivity contribution is 5.23. The van der Waals surface area contributed by atoms with Gasteiger partial charge in [0.2, 0.25) is 0 Å². The fourth-order valence-electron chi connectivity index (χ4n) is 2.01. The Labute approximate surface area is 99.8 Å². The van der Waals surface area contributed by atoms with E-state index in [1.165, 1.54) is 11.1 Å². The minimum absolute atomic E-state index is 0.266. The largest absolute Gasteiger partial charge is 0.384 e. The molecule has 90 valence electrons. The van der Waals surface area contributed by atoms with E-state index in [2.05, 4.69) is 45.0 Å². The van der Waals surface area contributed by atoms with Gasteiger partial charge in [-0.05, 0) is 35.8 Å². The lowest BCUT2D eigenvalue weighted by atomic mass is 9.82. The van der Waals surface area contributed by atoms with Crippen molar-refractivity contribution in [1.29, 1.82) is 0 Å². The predicted molar refractivity (Wildman–Crippen MR) is 69.8 cm³/mol. The van der Waals surface area contributed by atoms with Crippen molar-refractivity contribution in [2.24, 2.45) is 5.41 Å². The van der Waals surface area contributed by atoms with Gasteiger partial charge in [-0.1, -0.05) is 45.0 Å². The Morgan fingerprint density at radius 3 is 2.06 bits per heavy atom. The summed E-state index contributed by atoms with van der Waals surface area (Å²) in [4.78, 5) is 0. The van der Waals surface area contributed by atoms with E-state index in [0.29, 0.717) is 0 Å². The molecule has 0 saturated heterocycles. The third-order valence-electron chi connectivity index (χ3n) is 3.41. The molecule has 1 heteroatoms. The van der Waals surface area contributed by atoms with Crippen molar-refractivity contribution >= 4 is 0 Å². The van der Waals surface area contributed by atoms with Gasteiger partial charge in [0, 0.05) is 7.11 Å². The number of hydrogen-bond donors (Lipinski definition) is 0. The van der Waals surface area contributed by atoms with Crippen molar-refractivity contribution in [1.82, 2.24) is 0 Å². The van der Waals surface area contributed by atoms with Crippen LogP contribution < -0.4 is 0 Å². The van der Waals surface area contributed by atoms with Crippen molar-refractivity contribution < 1.29 is 4.74 Å². The molecule has 1 atom stereocenters. The molecule has 0 heterocycles. The normalized spacial score (nSPS) is 14.8. The van der Waals surface area contributed by atoms with E-state index in [-0.39, 0.29) is 5.41 Å². The monoisotopic (exact) mass is 220 g/mol. The van der Waals surface area contributed by atoms with Crippen LogP contribution in [0.15, 0.2) is 24.3 Å². The molecule has 0 N–H and O–H groups in total. The summed E-state index contributed by atoms with van der Waals surface area (Å²) in [5, 5.41) is 0. The standard InChI is InChI=1S/C15H24O/c1-5-13-7-9-14(10-8-13)11-15(3,6-2)12-16-4/h7-10H,5-6,11-12H2,1-4H3. The van der Waals surface area contributed by atoms with Gasteiger partial charge in [0.15, 0.2) is 0 Å². The second-order valence-corrected chi connectivity index (χ2v) is 4.94. The van der Waals surface area contributed by atoms with Crippen LogP contribution in [-0.2, 0) is 17.6 Å². The van der Waals surface area contributed by atoms with Gasteiger partial charge in [-0.2, -0.15) is 0 Å². The van der Waals surface area contributed by atoms with E-state index in [4.69, 9.17) is 4.74 Å². The molecule has 0 amide bonds. The number of rotatable bonds is 6. The first-order chi connectivity index (χ1) is 7.63. The fraction of sp³-hybridized carbons (Fsp3) is 0.600. The Balaban J connectivity index is 2.70. The highest BCUT2D eigenvalue weighted by Crippen LogP contribution is 2.26. The first-order valence-electron chi connectivity index (χ1n) is 6.20. The van der Waals surface area contributed by atoms with Gasteiger partial charge in [-0.25, -0.2) is 0 Å². The van der Waals surface area contributed by atoms with Crippen LogP contribution in [0.2, 0.25) is 0 Å². The number of benzene rings is 1. The third-order valence-corrected chi connectivity index (χ3v) is 3.41. The molecule has 0 aliphatic rings. The third kappa shape index (κ3) is 3.64. The zero-order chi connectivity index (χ0) is 12.0. The van der Waals surface area contributed by atoms with Crippen LogP contribution in [0.5, 0.6) is 0 Å². The molecule has 1 rings (SSSR count). The molecule has 0 fully saturated rings. The van der Waals surface area contributed by atoms with Crippen LogP contribution in [0.3, 0.4) is 0 Å².